The van der Waals surface area contributed by atoms with Crippen molar-refractivity contribution in [1.82, 2.24) is 9.88 Å². The number of nitrogens with zero attached hydrogens (tertiary/aromatic N) is 2. The van der Waals surface area contributed by atoms with E-state index in [1.807, 2.05) is 24.3 Å². The van der Waals surface area contributed by atoms with E-state index >= 15 is 0 Å². The minimum atomic E-state index is -0.0314. The summed E-state index contributed by atoms with van der Waals surface area (Å²) >= 11 is 0. The summed E-state index contributed by atoms with van der Waals surface area (Å²) in [5, 5.41) is 0. The first-order valence-electron chi connectivity index (χ1n) is 8.03. The first-order valence-corrected chi connectivity index (χ1v) is 8.03. The summed E-state index contributed by atoms with van der Waals surface area (Å²) in [6, 6.07) is 9.75. The molecule has 1 aliphatic heterocycles. The highest BCUT2D eigenvalue weighted by molar-refractivity contribution is 5.93. The van der Waals surface area contributed by atoms with Gasteiger partial charge in [-0.15, -0.1) is 0 Å². The normalized spacial score (nSPS) is 16.0. The largest absolute Gasteiger partial charge is 0.493 e. The number of hydrogen-bond donors (Lipinski definition) is 0. The number of benzene rings is 1. The molecule has 2 aromatic rings. The number of aromatic nitrogens is 1. The summed E-state index contributed by atoms with van der Waals surface area (Å²) in [6.45, 7) is 0.646. The first-order chi connectivity index (χ1) is 11.6. The monoisotopic (exact) mass is 326 g/mol. The molecule has 1 atom stereocenters. The molecule has 0 radical (unpaired) electrons. The Morgan fingerprint density at radius 3 is 2.83 bits per heavy atom. The SMILES string of the molecule is COc1cccc2c1OCC(Cc1ccc(C(=O)N(C)C)cn1)C2. The molecule has 1 aromatic carbocycles. The van der Waals surface area contributed by atoms with E-state index in [1.54, 1.807) is 32.3 Å². The topological polar surface area (TPSA) is 51.7 Å². The van der Waals surface area contributed by atoms with Crippen LogP contribution in [0.4, 0.5) is 0 Å². The maximum absolute atomic E-state index is 11.9. The highest BCUT2D eigenvalue weighted by atomic mass is 16.5. The van der Waals surface area contributed by atoms with Gasteiger partial charge in [-0.05, 0) is 36.6 Å². The zero-order valence-electron chi connectivity index (χ0n) is 14.3. The van der Waals surface area contributed by atoms with Crippen molar-refractivity contribution in [3.63, 3.8) is 0 Å². The van der Waals surface area contributed by atoms with E-state index in [9.17, 15) is 4.79 Å². The summed E-state index contributed by atoms with van der Waals surface area (Å²) in [7, 11) is 5.13. The van der Waals surface area contributed by atoms with Crippen molar-refractivity contribution in [3.05, 3.63) is 53.3 Å². The Hall–Kier alpha value is -2.56. The van der Waals surface area contributed by atoms with Crippen molar-refractivity contribution < 1.29 is 14.3 Å². The van der Waals surface area contributed by atoms with Crippen molar-refractivity contribution in [2.45, 2.75) is 12.8 Å². The lowest BCUT2D eigenvalue weighted by Gasteiger charge is -2.26. The van der Waals surface area contributed by atoms with Crippen LogP contribution >= 0.6 is 0 Å². The molecule has 1 aromatic heterocycles. The highest BCUT2D eigenvalue weighted by Gasteiger charge is 2.23. The van der Waals surface area contributed by atoms with Crippen molar-refractivity contribution in [1.29, 1.82) is 0 Å². The summed E-state index contributed by atoms with van der Waals surface area (Å²) in [5.74, 6) is 1.98. The summed E-state index contributed by atoms with van der Waals surface area (Å²) < 4.78 is 11.3. The maximum atomic E-state index is 11.9. The molecule has 0 aliphatic carbocycles. The second kappa shape index (κ2) is 6.91. The number of ether oxygens (including phenoxy) is 2. The Kier molecular flexibility index (Phi) is 4.69. The van der Waals surface area contributed by atoms with E-state index in [-0.39, 0.29) is 5.91 Å². The molecule has 0 spiro atoms. The lowest BCUT2D eigenvalue weighted by Crippen LogP contribution is -2.24. The van der Waals surface area contributed by atoms with Crippen LogP contribution < -0.4 is 9.47 Å². The predicted molar refractivity (Wildman–Crippen MR) is 91.6 cm³/mol. The molecule has 0 saturated heterocycles. The van der Waals surface area contributed by atoms with Crippen LogP contribution in [-0.4, -0.2) is 43.6 Å². The number of pyridine rings is 1. The molecule has 126 valence electrons. The molecule has 1 amide bonds. The van der Waals surface area contributed by atoms with E-state index < -0.39 is 0 Å². The molecular weight excluding hydrogens is 304 g/mol. The zero-order valence-corrected chi connectivity index (χ0v) is 14.3. The van der Waals surface area contributed by atoms with Gasteiger partial charge in [0.1, 0.15) is 0 Å². The maximum Gasteiger partial charge on any atom is 0.254 e. The molecule has 1 aliphatic rings. The second-order valence-corrected chi connectivity index (χ2v) is 6.27. The summed E-state index contributed by atoms with van der Waals surface area (Å²) in [4.78, 5) is 17.9. The Balaban J connectivity index is 1.68. The number of rotatable bonds is 4. The molecule has 1 unspecified atom stereocenters. The van der Waals surface area contributed by atoms with Crippen molar-refractivity contribution in [2.24, 2.45) is 5.92 Å². The number of methoxy groups -OCH3 is 1. The van der Waals surface area contributed by atoms with Crippen LogP contribution in [0.5, 0.6) is 11.5 Å². The quantitative estimate of drug-likeness (QED) is 0.866. The van der Waals surface area contributed by atoms with Gasteiger partial charge in [0.05, 0.1) is 19.3 Å². The fourth-order valence-electron chi connectivity index (χ4n) is 2.97. The van der Waals surface area contributed by atoms with E-state index in [4.69, 9.17) is 9.47 Å². The highest BCUT2D eigenvalue weighted by Crippen LogP contribution is 2.36. The summed E-state index contributed by atoms with van der Waals surface area (Å²) in [6.07, 6.45) is 3.41. The second-order valence-electron chi connectivity index (χ2n) is 6.27. The number of carbonyl (C=O) groups excluding carboxylic acids is 1. The predicted octanol–water partition coefficient (Wildman–Crippen LogP) is 2.59. The number of para-hydroxylation sites is 1. The lowest BCUT2D eigenvalue weighted by molar-refractivity contribution is 0.0827. The Labute approximate surface area is 142 Å². The van der Waals surface area contributed by atoms with Crippen LogP contribution in [0.1, 0.15) is 21.6 Å². The summed E-state index contributed by atoms with van der Waals surface area (Å²) in [5.41, 5.74) is 2.76. The number of carbonyl (C=O) groups is 1. The molecule has 0 bridgehead atoms. The number of amides is 1. The molecule has 5 heteroatoms. The molecule has 24 heavy (non-hydrogen) atoms. The van der Waals surface area contributed by atoms with E-state index in [1.165, 1.54) is 5.56 Å². The minimum Gasteiger partial charge on any atom is -0.493 e. The zero-order chi connectivity index (χ0) is 17.1. The molecule has 5 nitrogen and oxygen atoms in total. The van der Waals surface area contributed by atoms with Gasteiger partial charge in [0.15, 0.2) is 11.5 Å². The van der Waals surface area contributed by atoms with Crippen molar-refractivity contribution in [3.8, 4) is 11.5 Å². The Morgan fingerprint density at radius 1 is 1.33 bits per heavy atom. The van der Waals surface area contributed by atoms with Crippen LogP contribution in [-0.2, 0) is 12.8 Å². The van der Waals surface area contributed by atoms with E-state index in [0.717, 1.165) is 30.0 Å². The fraction of sp³-hybridized carbons (Fsp3) is 0.368. The number of hydrogen-bond acceptors (Lipinski definition) is 4. The first kappa shape index (κ1) is 16.3. The Morgan fingerprint density at radius 2 is 2.17 bits per heavy atom. The van der Waals surface area contributed by atoms with Crippen LogP contribution in [0.25, 0.3) is 0 Å². The van der Waals surface area contributed by atoms with Gasteiger partial charge in [-0.2, -0.15) is 0 Å². The van der Waals surface area contributed by atoms with Gasteiger partial charge in [-0.25, -0.2) is 0 Å². The van der Waals surface area contributed by atoms with Gasteiger partial charge in [0.25, 0.3) is 5.91 Å². The van der Waals surface area contributed by atoms with Gasteiger partial charge in [-0.1, -0.05) is 12.1 Å². The smallest absolute Gasteiger partial charge is 0.254 e. The van der Waals surface area contributed by atoms with Crippen molar-refractivity contribution >= 4 is 5.91 Å². The molecule has 2 heterocycles. The lowest BCUT2D eigenvalue weighted by atomic mass is 9.92. The third-order valence-electron chi connectivity index (χ3n) is 4.23. The van der Waals surface area contributed by atoms with Crippen LogP contribution in [0.15, 0.2) is 36.5 Å². The number of fused-ring (bicyclic) bond motifs is 1. The van der Waals surface area contributed by atoms with Gasteiger partial charge < -0.3 is 14.4 Å². The third kappa shape index (κ3) is 3.35. The standard InChI is InChI=1S/C19H22N2O3/c1-21(2)19(22)15-7-8-16(20-11-15)10-13-9-14-5-4-6-17(23-3)18(14)24-12-13/h4-8,11,13H,9-10,12H2,1-3H3. The molecule has 3 rings (SSSR count). The Bertz CT molecular complexity index is 726. The van der Waals surface area contributed by atoms with E-state index in [2.05, 4.69) is 11.1 Å². The van der Waals surface area contributed by atoms with Gasteiger partial charge >= 0.3 is 0 Å². The minimum absolute atomic E-state index is 0.0314. The van der Waals surface area contributed by atoms with Gasteiger partial charge in [0.2, 0.25) is 0 Å². The average molecular weight is 326 g/mol. The van der Waals surface area contributed by atoms with Crippen LogP contribution in [0.3, 0.4) is 0 Å². The molecular formula is C19H22N2O3. The fourth-order valence-corrected chi connectivity index (χ4v) is 2.97. The van der Waals surface area contributed by atoms with Crippen LogP contribution in [0, 0.1) is 5.92 Å². The van der Waals surface area contributed by atoms with Crippen LogP contribution in [0.2, 0.25) is 0 Å². The van der Waals surface area contributed by atoms with Crippen molar-refractivity contribution in [2.75, 3.05) is 27.8 Å². The third-order valence-corrected chi connectivity index (χ3v) is 4.23. The van der Waals surface area contributed by atoms with E-state index in [0.29, 0.717) is 18.1 Å². The molecule has 0 saturated carbocycles. The average Bonchev–Trinajstić information content (AvgIpc) is 2.61. The van der Waals surface area contributed by atoms with Gasteiger partial charge in [-0.3, -0.25) is 9.78 Å². The molecule has 0 N–H and O–H groups in total. The molecule has 0 fully saturated rings. The van der Waals surface area contributed by atoms with Gasteiger partial charge in [0, 0.05) is 31.9 Å².